The molecule has 0 aliphatic carbocycles. The van der Waals surface area contributed by atoms with Gasteiger partial charge in [-0.25, -0.2) is 0 Å². The molecule has 3 aromatic rings. The first-order valence-electron chi connectivity index (χ1n) is 7.96. The van der Waals surface area contributed by atoms with Crippen molar-refractivity contribution in [3.63, 3.8) is 0 Å². The molecule has 0 aliphatic heterocycles. The summed E-state index contributed by atoms with van der Waals surface area (Å²) in [5.74, 6) is 4.29. The first-order valence-corrected chi connectivity index (χ1v) is 7.96. The molecule has 8 heteroatoms. The molecule has 8 nitrogen and oxygen atoms in total. The number of aromatic amines is 1. The number of hydrogen-bond acceptors (Lipinski definition) is 4. The zero-order chi connectivity index (χ0) is 19.6. The van der Waals surface area contributed by atoms with Crippen molar-refractivity contribution in [1.29, 1.82) is 5.26 Å². The Morgan fingerprint density at radius 2 is 2.07 bits per heavy atom. The maximum atomic E-state index is 12.1. The Balaban J connectivity index is 2.01. The van der Waals surface area contributed by atoms with Crippen molar-refractivity contribution >= 4 is 28.2 Å². The van der Waals surface area contributed by atoms with Crippen LogP contribution in [0.3, 0.4) is 0 Å². The molecule has 0 atom stereocenters. The topological polar surface area (TPSA) is 135 Å². The number of carbonyl (C=O) groups is 1. The number of rotatable bonds is 4. The molecular weight excluding hydrogens is 346 g/mol. The SMILES string of the molecule is CC(O)=C(C#N)C(=O)Nc1cccc(-c2ccc([N+](N)=O)c3[nH]ccc23)c1. The van der Waals surface area contributed by atoms with Crippen LogP contribution in [0.2, 0.25) is 0 Å². The van der Waals surface area contributed by atoms with Gasteiger partial charge in [0.2, 0.25) is 0 Å². The number of nitrogens with two attached hydrogens (primary N) is 1. The molecule has 1 amide bonds. The number of carbonyl (C=O) groups excluding carboxylic acids is 1. The van der Waals surface area contributed by atoms with Crippen LogP contribution < -0.4 is 11.2 Å². The Labute approximate surface area is 154 Å². The van der Waals surface area contributed by atoms with Gasteiger partial charge in [0.1, 0.15) is 17.3 Å². The Morgan fingerprint density at radius 1 is 1.30 bits per heavy atom. The number of nitrogens with zero attached hydrogens (tertiary/aromatic N) is 2. The van der Waals surface area contributed by atoms with Gasteiger partial charge in [0.25, 0.3) is 5.91 Å². The van der Waals surface area contributed by atoms with Gasteiger partial charge in [-0.05, 0) is 42.3 Å². The Hall–Kier alpha value is -4.12. The number of aliphatic hydroxyl groups is 1. The molecule has 3 rings (SSSR count). The van der Waals surface area contributed by atoms with Crippen molar-refractivity contribution < 1.29 is 14.8 Å². The van der Waals surface area contributed by atoms with Crippen molar-refractivity contribution in [1.82, 2.24) is 4.98 Å². The van der Waals surface area contributed by atoms with Crippen molar-refractivity contribution in [2.24, 2.45) is 5.84 Å². The van der Waals surface area contributed by atoms with E-state index < -0.39 is 5.91 Å². The fourth-order valence-electron chi connectivity index (χ4n) is 2.83. The number of H-pyrrole nitrogens is 1. The van der Waals surface area contributed by atoms with Crippen LogP contribution in [0.1, 0.15) is 6.92 Å². The number of benzene rings is 2. The van der Waals surface area contributed by atoms with Gasteiger partial charge in [-0.3, -0.25) is 4.79 Å². The van der Waals surface area contributed by atoms with Gasteiger partial charge in [0.15, 0.2) is 10.4 Å². The smallest absolute Gasteiger partial charge is 0.315 e. The summed E-state index contributed by atoms with van der Waals surface area (Å²) in [6.07, 6.45) is 1.71. The molecule has 0 radical (unpaired) electrons. The number of nitroso groups, excluding NO2 is 1. The lowest BCUT2D eigenvalue weighted by Crippen LogP contribution is -2.14. The second-order valence-corrected chi connectivity index (χ2v) is 5.83. The van der Waals surface area contributed by atoms with Gasteiger partial charge < -0.3 is 15.4 Å². The van der Waals surface area contributed by atoms with Crippen LogP contribution in [0.5, 0.6) is 0 Å². The highest BCUT2D eigenvalue weighted by Gasteiger charge is 2.18. The minimum Gasteiger partial charge on any atom is -0.511 e. The van der Waals surface area contributed by atoms with Gasteiger partial charge in [-0.2, -0.15) is 11.1 Å². The molecule has 5 N–H and O–H groups in total. The summed E-state index contributed by atoms with van der Waals surface area (Å²) in [4.78, 5) is 26.9. The van der Waals surface area contributed by atoms with Crippen LogP contribution in [0, 0.1) is 16.2 Å². The van der Waals surface area contributed by atoms with Crippen molar-refractivity contribution in [2.45, 2.75) is 6.92 Å². The van der Waals surface area contributed by atoms with Crippen LogP contribution in [0.15, 0.2) is 60.0 Å². The zero-order valence-corrected chi connectivity index (χ0v) is 14.4. The average Bonchev–Trinajstić information content (AvgIpc) is 3.10. The Morgan fingerprint density at radius 3 is 2.74 bits per heavy atom. The summed E-state index contributed by atoms with van der Waals surface area (Å²) in [7, 11) is 0. The van der Waals surface area contributed by atoms with Crippen LogP contribution in [-0.4, -0.2) is 20.9 Å². The summed E-state index contributed by atoms with van der Waals surface area (Å²) >= 11 is 0. The Kier molecular flexibility index (Phi) is 4.60. The number of aliphatic hydroxyl groups excluding tert-OH is 1. The number of nitrogens with one attached hydrogen (secondary N) is 2. The fraction of sp³-hybridized carbons (Fsp3) is 0.0526. The van der Waals surface area contributed by atoms with E-state index in [9.17, 15) is 14.8 Å². The number of hydrogen-bond donors (Lipinski definition) is 4. The maximum absolute atomic E-state index is 12.1. The summed E-state index contributed by atoms with van der Waals surface area (Å²) in [6, 6.07) is 13.9. The normalized spacial score (nSPS) is 11.6. The molecule has 0 fully saturated rings. The van der Waals surface area contributed by atoms with Crippen LogP contribution >= 0.6 is 0 Å². The monoisotopic (exact) mass is 362 g/mol. The van der Waals surface area contributed by atoms with Crippen LogP contribution in [0.25, 0.3) is 22.0 Å². The zero-order valence-electron chi connectivity index (χ0n) is 14.4. The van der Waals surface area contributed by atoms with Crippen LogP contribution in [0.4, 0.5) is 11.4 Å². The van der Waals surface area contributed by atoms with Gasteiger partial charge in [0, 0.05) is 23.3 Å². The van der Waals surface area contributed by atoms with E-state index in [-0.39, 0.29) is 11.3 Å². The molecule has 1 aromatic heterocycles. The van der Waals surface area contributed by atoms with E-state index in [0.717, 1.165) is 16.5 Å². The molecule has 0 unspecified atom stereocenters. The molecule has 0 spiro atoms. The lowest BCUT2D eigenvalue weighted by atomic mass is 10.0. The van der Waals surface area contributed by atoms with E-state index in [4.69, 9.17) is 11.1 Å². The van der Waals surface area contributed by atoms with Crippen molar-refractivity contribution in [3.8, 4) is 17.2 Å². The van der Waals surface area contributed by atoms with E-state index in [1.165, 1.54) is 6.92 Å². The predicted molar refractivity (Wildman–Crippen MR) is 101 cm³/mol. The predicted octanol–water partition coefficient (Wildman–Crippen LogP) is 3.41. The first-order chi connectivity index (χ1) is 12.9. The van der Waals surface area contributed by atoms with E-state index >= 15 is 0 Å². The molecule has 2 aromatic carbocycles. The van der Waals surface area contributed by atoms with Crippen LogP contribution in [-0.2, 0) is 4.79 Å². The standard InChI is InChI=1S/C19H15N5O3/c1-11(25)16(10-20)19(26)23-13-4-2-3-12(9-13)14-5-6-17(24(21)27)18-15(14)7-8-22-18/h2-9H,1H3,(H4-,21,22,23,25,26,27)/p+1. The van der Waals surface area contributed by atoms with E-state index in [0.29, 0.717) is 21.8 Å². The van der Waals surface area contributed by atoms with E-state index in [2.05, 4.69) is 10.3 Å². The molecular formula is C19H16N5O3+. The second-order valence-electron chi connectivity index (χ2n) is 5.83. The number of hydrazine groups is 1. The minimum absolute atomic E-state index is 0.298. The summed E-state index contributed by atoms with van der Waals surface area (Å²) in [5.41, 5.74) is 2.65. The third-order valence-electron chi connectivity index (χ3n) is 4.07. The molecule has 1 heterocycles. The summed E-state index contributed by atoms with van der Waals surface area (Å²) in [5, 5.41) is 21.8. The maximum Gasteiger partial charge on any atom is 0.315 e. The largest absolute Gasteiger partial charge is 0.511 e. The minimum atomic E-state index is -0.693. The Bertz CT molecular complexity index is 1130. The molecule has 0 saturated heterocycles. The molecule has 0 bridgehead atoms. The molecule has 134 valence electrons. The quantitative estimate of drug-likeness (QED) is 0.141. The van der Waals surface area contributed by atoms with E-state index in [1.807, 2.05) is 12.1 Å². The lowest BCUT2D eigenvalue weighted by Gasteiger charge is -2.08. The number of fused-ring (bicyclic) bond motifs is 1. The number of nitriles is 1. The highest BCUT2D eigenvalue weighted by molar-refractivity contribution is 6.07. The molecule has 0 saturated carbocycles. The van der Waals surface area contributed by atoms with Gasteiger partial charge in [-0.1, -0.05) is 12.1 Å². The third-order valence-corrected chi connectivity index (χ3v) is 4.07. The van der Waals surface area contributed by atoms with Crippen molar-refractivity contribution in [3.05, 3.63) is 64.9 Å². The molecule has 27 heavy (non-hydrogen) atoms. The third kappa shape index (κ3) is 3.34. The van der Waals surface area contributed by atoms with Gasteiger partial charge >= 0.3 is 5.69 Å². The first kappa shape index (κ1) is 17.7. The highest BCUT2D eigenvalue weighted by Crippen LogP contribution is 2.34. The number of aromatic nitrogens is 1. The highest BCUT2D eigenvalue weighted by atomic mass is 16.3. The number of anilines is 1. The lowest BCUT2D eigenvalue weighted by molar-refractivity contribution is -0.473. The number of allylic oxidation sites excluding steroid dienone is 1. The second kappa shape index (κ2) is 7.01. The summed E-state index contributed by atoms with van der Waals surface area (Å²) < 4.78 is 0. The number of amides is 1. The summed E-state index contributed by atoms with van der Waals surface area (Å²) in [6.45, 7) is 1.27. The van der Waals surface area contributed by atoms with Gasteiger partial charge in [-0.15, -0.1) is 0 Å². The average molecular weight is 362 g/mol. The van der Waals surface area contributed by atoms with Gasteiger partial charge in [0.05, 0.1) is 4.91 Å². The van der Waals surface area contributed by atoms with Crippen molar-refractivity contribution in [2.75, 3.05) is 5.32 Å². The fourth-order valence-corrected chi connectivity index (χ4v) is 2.83. The van der Waals surface area contributed by atoms with E-state index in [1.54, 1.807) is 42.6 Å². The molecule has 0 aliphatic rings.